The molecule has 0 bridgehead atoms. The Bertz CT molecular complexity index is 878. The van der Waals surface area contributed by atoms with E-state index in [0.29, 0.717) is 23.4 Å². The van der Waals surface area contributed by atoms with Gasteiger partial charge in [0.1, 0.15) is 11.9 Å². The van der Waals surface area contributed by atoms with Crippen molar-refractivity contribution in [2.75, 3.05) is 0 Å². The molecule has 7 heteroatoms. The van der Waals surface area contributed by atoms with E-state index in [-0.39, 0.29) is 11.5 Å². The van der Waals surface area contributed by atoms with Gasteiger partial charge >= 0.3 is 0 Å². The minimum Gasteiger partial charge on any atom is -0.368 e. The summed E-state index contributed by atoms with van der Waals surface area (Å²) in [6.07, 6.45) is 5.87. The molecule has 152 valence electrons. The third-order valence-electron chi connectivity index (χ3n) is 5.51. The van der Waals surface area contributed by atoms with Crippen molar-refractivity contribution in [2.45, 2.75) is 65.5 Å². The van der Waals surface area contributed by atoms with Crippen LogP contribution in [-0.2, 0) is 11.3 Å². The van der Waals surface area contributed by atoms with Crippen molar-refractivity contribution >= 4 is 22.7 Å². The zero-order valence-electron chi connectivity index (χ0n) is 16.8. The molecule has 1 heterocycles. The quantitative estimate of drug-likeness (QED) is 0.823. The summed E-state index contributed by atoms with van der Waals surface area (Å²) in [5.74, 6) is -0.964. The first-order valence-electron chi connectivity index (χ1n) is 9.93. The highest BCUT2D eigenvalue weighted by atomic mass is 19.1. The van der Waals surface area contributed by atoms with Gasteiger partial charge in [-0.2, -0.15) is 5.10 Å². The lowest BCUT2D eigenvalue weighted by Crippen LogP contribution is -2.52. The first-order valence-corrected chi connectivity index (χ1v) is 9.93. The standard InChI is InChI=1S/C21H29FN4O2/c1-21(2,3)18(19(23)27)24-20(28)17-15-10-9-14(22)11-16(15)26(25-17)12-13-7-5-4-6-8-13/h9-11,13,18H,4-8,12H2,1-3H3,(H2,23,27)(H,24,28). The Morgan fingerprint density at radius 2 is 1.96 bits per heavy atom. The molecule has 1 saturated carbocycles. The summed E-state index contributed by atoms with van der Waals surface area (Å²) in [5, 5.41) is 7.79. The Labute approximate surface area is 164 Å². The summed E-state index contributed by atoms with van der Waals surface area (Å²) < 4.78 is 15.6. The Morgan fingerprint density at radius 3 is 2.57 bits per heavy atom. The Kier molecular flexibility index (Phi) is 5.72. The lowest BCUT2D eigenvalue weighted by atomic mass is 9.86. The van der Waals surface area contributed by atoms with Gasteiger partial charge in [0, 0.05) is 11.9 Å². The number of primary amides is 1. The molecule has 0 aliphatic heterocycles. The molecule has 28 heavy (non-hydrogen) atoms. The zero-order chi connectivity index (χ0) is 20.5. The van der Waals surface area contributed by atoms with Crippen LogP contribution in [0.5, 0.6) is 0 Å². The number of nitrogens with zero attached hydrogens (tertiary/aromatic N) is 2. The van der Waals surface area contributed by atoms with Crippen LogP contribution >= 0.6 is 0 Å². The molecule has 6 nitrogen and oxygen atoms in total. The maximum absolute atomic E-state index is 13.9. The van der Waals surface area contributed by atoms with Crippen LogP contribution in [0.3, 0.4) is 0 Å². The second-order valence-corrected chi connectivity index (χ2v) is 8.87. The Hall–Kier alpha value is -2.44. The molecular weight excluding hydrogens is 359 g/mol. The third-order valence-corrected chi connectivity index (χ3v) is 5.51. The molecule has 1 atom stereocenters. The number of nitrogens with one attached hydrogen (secondary N) is 1. The number of halogens is 1. The fourth-order valence-corrected chi connectivity index (χ4v) is 3.98. The molecule has 1 aliphatic rings. The number of amides is 2. The van der Waals surface area contributed by atoms with Gasteiger partial charge in [0.2, 0.25) is 5.91 Å². The van der Waals surface area contributed by atoms with E-state index in [2.05, 4.69) is 10.4 Å². The van der Waals surface area contributed by atoms with Crippen LogP contribution in [0.15, 0.2) is 18.2 Å². The monoisotopic (exact) mass is 388 g/mol. The van der Waals surface area contributed by atoms with Gasteiger partial charge in [-0.3, -0.25) is 14.3 Å². The number of aromatic nitrogens is 2. The Balaban J connectivity index is 1.94. The summed E-state index contributed by atoms with van der Waals surface area (Å²) in [4.78, 5) is 24.7. The molecule has 1 unspecified atom stereocenters. The number of carbonyl (C=O) groups excluding carboxylic acids is 2. The number of benzene rings is 1. The van der Waals surface area contributed by atoms with Crippen LogP contribution in [-0.4, -0.2) is 27.6 Å². The molecule has 1 aromatic heterocycles. The molecule has 3 N–H and O–H groups in total. The van der Waals surface area contributed by atoms with Crippen LogP contribution < -0.4 is 11.1 Å². The summed E-state index contributed by atoms with van der Waals surface area (Å²) in [6.45, 7) is 6.15. The van der Waals surface area contributed by atoms with Gasteiger partial charge in [-0.1, -0.05) is 40.0 Å². The minimum absolute atomic E-state index is 0.196. The SMILES string of the molecule is CC(C)(C)C(NC(=O)c1nn(CC2CCCCC2)c2cc(F)ccc12)C(N)=O. The molecule has 2 amide bonds. The number of carbonyl (C=O) groups is 2. The van der Waals surface area contributed by atoms with Crippen LogP contribution in [0.4, 0.5) is 4.39 Å². The second kappa shape index (κ2) is 7.89. The van der Waals surface area contributed by atoms with E-state index >= 15 is 0 Å². The molecule has 1 aromatic carbocycles. The minimum atomic E-state index is -0.834. The average Bonchev–Trinajstić information content (AvgIpc) is 2.97. The normalized spacial score (nSPS) is 16.9. The van der Waals surface area contributed by atoms with Gasteiger partial charge in [-0.05, 0) is 42.4 Å². The first kappa shape index (κ1) is 20.3. The van der Waals surface area contributed by atoms with E-state index in [1.54, 1.807) is 10.7 Å². The third kappa shape index (κ3) is 4.34. The van der Waals surface area contributed by atoms with Crippen molar-refractivity contribution in [1.82, 2.24) is 15.1 Å². The summed E-state index contributed by atoms with van der Waals surface area (Å²) >= 11 is 0. The first-order chi connectivity index (χ1) is 13.2. The van der Waals surface area contributed by atoms with Crippen molar-refractivity contribution in [3.05, 3.63) is 29.7 Å². The van der Waals surface area contributed by atoms with Crippen molar-refractivity contribution in [1.29, 1.82) is 0 Å². The van der Waals surface area contributed by atoms with Gasteiger partial charge in [0.15, 0.2) is 5.69 Å². The molecular formula is C21H29FN4O2. The van der Waals surface area contributed by atoms with E-state index < -0.39 is 23.3 Å². The lowest BCUT2D eigenvalue weighted by Gasteiger charge is -2.28. The topological polar surface area (TPSA) is 90.0 Å². The van der Waals surface area contributed by atoms with E-state index in [9.17, 15) is 14.0 Å². The van der Waals surface area contributed by atoms with Gasteiger partial charge in [-0.15, -0.1) is 0 Å². The summed E-state index contributed by atoms with van der Waals surface area (Å²) in [5.41, 5.74) is 5.74. The molecule has 0 saturated heterocycles. The molecule has 0 radical (unpaired) electrons. The molecule has 1 aliphatic carbocycles. The maximum Gasteiger partial charge on any atom is 0.273 e. The summed E-state index contributed by atoms with van der Waals surface area (Å²) in [6, 6.07) is 3.47. The lowest BCUT2D eigenvalue weighted by molar-refractivity contribution is -0.122. The van der Waals surface area contributed by atoms with Crippen molar-refractivity contribution in [2.24, 2.45) is 17.1 Å². The molecule has 0 spiro atoms. The van der Waals surface area contributed by atoms with Gasteiger partial charge in [0.25, 0.3) is 5.91 Å². The van der Waals surface area contributed by atoms with Crippen molar-refractivity contribution < 1.29 is 14.0 Å². The highest BCUT2D eigenvalue weighted by Crippen LogP contribution is 2.28. The number of fused-ring (bicyclic) bond motifs is 1. The average molecular weight is 388 g/mol. The van der Waals surface area contributed by atoms with Crippen molar-refractivity contribution in [3.8, 4) is 0 Å². The van der Waals surface area contributed by atoms with E-state index in [1.807, 2.05) is 20.8 Å². The predicted octanol–water partition coefficient (Wildman–Crippen LogP) is 3.39. The largest absolute Gasteiger partial charge is 0.368 e. The van der Waals surface area contributed by atoms with E-state index in [0.717, 1.165) is 12.8 Å². The second-order valence-electron chi connectivity index (χ2n) is 8.87. The van der Waals surface area contributed by atoms with Gasteiger partial charge < -0.3 is 11.1 Å². The number of rotatable bonds is 5. The zero-order valence-corrected chi connectivity index (χ0v) is 16.8. The van der Waals surface area contributed by atoms with Crippen LogP contribution in [0.1, 0.15) is 63.4 Å². The number of hydrogen-bond acceptors (Lipinski definition) is 3. The molecule has 3 rings (SSSR count). The summed E-state index contributed by atoms with van der Waals surface area (Å²) in [7, 11) is 0. The smallest absolute Gasteiger partial charge is 0.273 e. The maximum atomic E-state index is 13.9. The number of hydrogen-bond donors (Lipinski definition) is 2. The fourth-order valence-electron chi connectivity index (χ4n) is 3.98. The highest BCUT2D eigenvalue weighted by molar-refractivity contribution is 6.06. The van der Waals surface area contributed by atoms with Gasteiger partial charge in [0.05, 0.1) is 5.52 Å². The Morgan fingerprint density at radius 1 is 1.29 bits per heavy atom. The van der Waals surface area contributed by atoms with Crippen molar-refractivity contribution in [3.63, 3.8) is 0 Å². The van der Waals surface area contributed by atoms with E-state index in [4.69, 9.17) is 5.73 Å². The van der Waals surface area contributed by atoms with E-state index in [1.165, 1.54) is 31.4 Å². The van der Waals surface area contributed by atoms with Crippen LogP contribution in [0.2, 0.25) is 0 Å². The predicted molar refractivity (Wildman–Crippen MR) is 106 cm³/mol. The molecule has 2 aromatic rings. The van der Waals surface area contributed by atoms with Crippen LogP contribution in [0, 0.1) is 17.2 Å². The van der Waals surface area contributed by atoms with Gasteiger partial charge in [-0.25, -0.2) is 4.39 Å². The molecule has 1 fully saturated rings. The fraction of sp³-hybridized carbons (Fsp3) is 0.571. The van der Waals surface area contributed by atoms with Crippen LogP contribution in [0.25, 0.3) is 10.9 Å². The highest BCUT2D eigenvalue weighted by Gasteiger charge is 2.32. The number of nitrogens with two attached hydrogens (primary N) is 1.